The third kappa shape index (κ3) is 4.19. The van der Waals surface area contributed by atoms with Gasteiger partial charge in [-0.2, -0.15) is 0 Å². The third-order valence-corrected chi connectivity index (χ3v) is 3.47. The Hall–Kier alpha value is -2.62. The Bertz CT molecular complexity index is 718. The number of phenols is 1. The van der Waals surface area contributed by atoms with Crippen LogP contribution in [0.1, 0.15) is 34.8 Å². The summed E-state index contributed by atoms with van der Waals surface area (Å²) in [7, 11) is 1.49. The second-order valence-electron chi connectivity index (χ2n) is 5.19. The number of carbonyl (C=O) groups is 1. The quantitative estimate of drug-likeness (QED) is 0.635. The zero-order chi connectivity index (χ0) is 16.8. The van der Waals surface area contributed by atoms with E-state index in [1.54, 1.807) is 12.1 Å². The van der Waals surface area contributed by atoms with Crippen molar-refractivity contribution in [1.82, 2.24) is 0 Å². The van der Waals surface area contributed by atoms with Gasteiger partial charge in [-0.25, -0.2) is 4.39 Å². The molecule has 0 spiro atoms. The van der Waals surface area contributed by atoms with Crippen LogP contribution in [0.25, 0.3) is 6.08 Å². The molecule has 0 radical (unpaired) electrons. The van der Waals surface area contributed by atoms with Crippen molar-refractivity contribution >= 4 is 11.9 Å². The van der Waals surface area contributed by atoms with Crippen molar-refractivity contribution < 1.29 is 19.0 Å². The minimum atomic E-state index is -0.389. The summed E-state index contributed by atoms with van der Waals surface area (Å²) in [5.74, 6) is -0.273. The van der Waals surface area contributed by atoms with E-state index in [4.69, 9.17) is 4.74 Å². The van der Waals surface area contributed by atoms with Gasteiger partial charge < -0.3 is 9.84 Å². The van der Waals surface area contributed by atoms with Gasteiger partial charge >= 0.3 is 0 Å². The number of ether oxygens (including phenoxy) is 1. The molecule has 0 aliphatic rings. The van der Waals surface area contributed by atoms with Gasteiger partial charge in [-0.15, -0.1) is 0 Å². The monoisotopic (exact) mass is 314 g/mol. The Kier molecular flexibility index (Phi) is 5.52. The second kappa shape index (κ2) is 7.58. The summed E-state index contributed by atoms with van der Waals surface area (Å²) in [5.41, 5.74) is 1.93. The molecule has 3 nitrogen and oxygen atoms in total. The normalized spacial score (nSPS) is 10.9. The number of aromatic hydroxyl groups is 1. The summed E-state index contributed by atoms with van der Waals surface area (Å²) >= 11 is 0. The zero-order valence-electron chi connectivity index (χ0n) is 13.2. The molecule has 0 saturated heterocycles. The summed E-state index contributed by atoms with van der Waals surface area (Å²) in [6.45, 7) is 2.06. The molecule has 1 N–H and O–H groups in total. The third-order valence-electron chi connectivity index (χ3n) is 3.47. The molecule has 0 aromatic heterocycles. The number of phenolic OH excluding ortho intramolecular Hbond substituents is 1. The number of rotatable bonds is 6. The lowest BCUT2D eigenvalue weighted by molar-refractivity contribution is 0.104. The summed E-state index contributed by atoms with van der Waals surface area (Å²) in [4.78, 5) is 12.1. The van der Waals surface area contributed by atoms with Crippen molar-refractivity contribution in [1.29, 1.82) is 0 Å². The molecule has 0 saturated carbocycles. The van der Waals surface area contributed by atoms with Crippen molar-refractivity contribution in [3.05, 3.63) is 65.0 Å². The van der Waals surface area contributed by atoms with E-state index in [1.165, 1.54) is 37.5 Å². The van der Waals surface area contributed by atoms with E-state index in [-0.39, 0.29) is 17.3 Å². The predicted octanol–water partition coefficient (Wildman–Crippen LogP) is 4.39. The fraction of sp³-hybridized carbons (Fsp3) is 0.211. The molecule has 0 aliphatic heterocycles. The van der Waals surface area contributed by atoms with Crippen LogP contribution >= 0.6 is 0 Å². The lowest BCUT2D eigenvalue weighted by Crippen LogP contribution is -1.95. The predicted molar refractivity (Wildman–Crippen MR) is 88.4 cm³/mol. The van der Waals surface area contributed by atoms with Crippen LogP contribution in [0.2, 0.25) is 0 Å². The van der Waals surface area contributed by atoms with Crippen LogP contribution in [0.4, 0.5) is 4.39 Å². The molecule has 0 aliphatic carbocycles. The summed E-state index contributed by atoms with van der Waals surface area (Å²) < 4.78 is 18.0. The van der Waals surface area contributed by atoms with E-state index in [9.17, 15) is 14.3 Å². The highest BCUT2D eigenvalue weighted by Crippen LogP contribution is 2.32. The van der Waals surface area contributed by atoms with E-state index in [0.29, 0.717) is 16.9 Å². The first-order chi connectivity index (χ1) is 11.0. The number of halogens is 1. The molecule has 2 aromatic carbocycles. The van der Waals surface area contributed by atoms with Gasteiger partial charge in [-0.3, -0.25) is 4.79 Å². The lowest BCUT2D eigenvalue weighted by Gasteiger charge is -2.09. The van der Waals surface area contributed by atoms with Crippen LogP contribution < -0.4 is 4.74 Å². The van der Waals surface area contributed by atoms with Gasteiger partial charge in [0.25, 0.3) is 0 Å². The molecule has 2 aromatic rings. The number of methoxy groups -OCH3 is 1. The van der Waals surface area contributed by atoms with Crippen molar-refractivity contribution in [3.63, 3.8) is 0 Å². The van der Waals surface area contributed by atoms with Gasteiger partial charge in [0, 0.05) is 11.1 Å². The van der Waals surface area contributed by atoms with Gasteiger partial charge in [0.15, 0.2) is 17.3 Å². The minimum absolute atomic E-state index is 0.00416. The number of ketones is 1. The van der Waals surface area contributed by atoms with E-state index >= 15 is 0 Å². The molecule has 120 valence electrons. The van der Waals surface area contributed by atoms with Gasteiger partial charge in [0.2, 0.25) is 0 Å². The van der Waals surface area contributed by atoms with Crippen LogP contribution in [0, 0.1) is 5.82 Å². The van der Waals surface area contributed by atoms with Crippen LogP contribution in [0.5, 0.6) is 11.5 Å². The van der Waals surface area contributed by atoms with Gasteiger partial charge in [0.05, 0.1) is 7.11 Å². The average molecular weight is 314 g/mol. The standard InChI is InChI=1S/C19H19FO3/c1-3-4-13-11-15(19(22)18(12-13)23-2)7-10-17(21)14-5-8-16(20)9-6-14/h5-12,22H,3-4H2,1-2H3/b10-7+. The van der Waals surface area contributed by atoms with Gasteiger partial charge in [0.1, 0.15) is 5.82 Å². The minimum Gasteiger partial charge on any atom is -0.504 e. The number of hydrogen-bond donors (Lipinski definition) is 1. The highest BCUT2D eigenvalue weighted by molar-refractivity contribution is 6.06. The molecule has 0 heterocycles. The molecule has 4 heteroatoms. The molecular formula is C19H19FO3. The van der Waals surface area contributed by atoms with E-state index < -0.39 is 0 Å². The largest absolute Gasteiger partial charge is 0.504 e. The van der Waals surface area contributed by atoms with Crippen LogP contribution in [-0.4, -0.2) is 18.0 Å². The lowest BCUT2D eigenvalue weighted by atomic mass is 10.0. The Balaban J connectivity index is 2.28. The number of allylic oxidation sites excluding steroid dienone is 1. The molecular weight excluding hydrogens is 295 g/mol. The highest BCUT2D eigenvalue weighted by Gasteiger charge is 2.09. The van der Waals surface area contributed by atoms with E-state index in [0.717, 1.165) is 18.4 Å². The fourth-order valence-electron chi connectivity index (χ4n) is 2.28. The number of aryl methyl sites for hydroxylation is 1. The topological polar surface area (TPSA) is 46.5 Å². The SMILES string of the molecule is CCCc1cc(/C=C/C(=O)c2ccc(F)cc2)c(O)c(OC)c1. The summed E-state index contributed by atoms with van der Waals surface area (Å²) in [6, 6.07) is 8.95. The van der Waals surface area contributed by atoms with Crippen molar-refractivity contribution in [2.24, 2.45) is 0 Å². The van der Waals surface area contributed by atoms with Crippen molar-refractivity contribution in [3.8, 4) is 11.5 Å². The first-order valence-corrected chi connectivity index (χ1v) is 7.43. The van der Waals surface area contributed by atoms with Crippen molar-refractivity contribution in [2.45, 2.75) is 19.8 Å². The van der Waals surface area contributed by atoms with Crippen molar-refractivity contribution in [2.75, 3.05) is 7.11 Å². The molecule has 0 bridgehead atoms. The summed E-state index contributed by atoms with van der Waals surface area (Å²) in [5, 5.41) is 10.2. The molecule has 2 rings (SSSR count). The van der Waals surface area contributed by atoms with Gasteiger partial charge in [-0.1, -0.05) is 13.3 Å². The first-order valence-electron chi connectivity index (χ1n) is 7.43. The smallest absolute Gasteiger partial charge is 0.185 e. The Labute approximate surface area is 135 Å². The Morgan fingerprint density at radius 3 is 2.57 bits per heavy atom. The van der Waals surface area contributed by atoms with Crippen LogP contribution in [0.3, 0.4) is 0 Å². The molecule has 0 unspecified atom stereocenters. The summed E-state index contributed by atoms with van der Waals surface area (Å²) in [6.07, 6.45) is 4.72. The molecule has 0 fully saturated rings. The Morgan fingerprint density at radius 2 is 1.96 bits per heavy atom. The maximum Gasteiger partial charge on any atom is 0.185 e. The van der Waals surface area contributed by atoms with Gasteiger partial charge in [-0.05, 0) is 60.5 Å². The van der Waals surface area contributed by atoms with E-state index in [2.05, 4.69) is 6.92 Å². The maximum absolute atomic E-state index is 12.9. The molecule has 0 amide bonds. The zero-order valence-corrected chi connectivity index (χ0v) is 13.2. The van der Waals surface area contributed by atoms with E-state index in [1.807, 2.05) is 6.07 Å². The first kappa shape index (κ1) is 16.7. The molecule has 0 atom stereocenters. The average Bonchev–Trinajstić information content (AvgIpc) is 2.55. The highest BCUT2D eigenvalue weighted by atomic mass is 19.1. The second-order valence-corrected chi connectivity index (χ2v) is 5.19. The van der Waals surface area contributed by atoms with Crippen LogP contribution in [-0.2, 0) is 6.42 Å². The maximum atomic E-state index is 12.9. The Morgan fingerprint density at radius 1 is 1.26 bits per heavy atom. The number of carbonyl (C=O) groups excluding carboxylic acids is 1. The fourth-order valence-corrected chi connectivity index (χ4v) is 2.28. The van der Waals surface area contributed by atoms with Crippen LogP contribution in [0.15, 0.2) is 42.5 Å². The number of benzene rings is 2. The number of hydrogen-bond acceptors (Lipinski definition) is 3. The molecule has 23 heavy (non-hydrogen) atoms.